The summed E-state index contributed by atoms with van der Waals surface area (Å²) in [7, 11) is -3.35. The van der Waals surface area contributed by atoms with E-state index in [1.807, 2.05) is 19.1 Å². The summed E-state index contributed by atoms with van der Waals surface area (Å²) in [6.45, 7) is 4.16. The first-order valence-electron chi connectivity index (χ1n) is 7.79. The third kappa shape index (κ3) is 4.24. The molecular formula is C16H25NO2S2. The Morgan fingerprint density at radius 1 is 1.19 bits per heavy atom. The fourth-order valence-electron chi connectivity index (χ4n) is 2.63. The monoisotopic (exact) mass is 327 g/mol. The standard InChI is InChI=1S/C16H25NO2S2/c1-3-4-5-6-7-15-12-13-20-17(15)21(18,19)16-10-8-14(2)9-11-16/h8-11,15H,3-7,12-13H2,1-2H3. The lowest BCUT2D eigenvalue weighted by molar-refractivity contribution is 0.427. The number of sulfonamides is 1. The molecule has 1 saturated heterocycles. The Labute approximate surface area is 133 Å². The fraction of sp³-hybridized carbons (Fsp3) is 0.625. The second-order valence-corrected chi connectivity index (χ2v) is 8.80. The van der Waals surface area contributed by atoms with Gasteiger partial charge in [-0.05, 0) is 31.9 Å². The molecule has 2 rings (SSSR count). The van der Waals surface area contributed by atoms with Gasteiger partial charge in [0, 0.05) is 11.8 Å². The summed E-state index contributed by atoms with van der Waals surface area (Å²) in [5.74, 6) is 0.906. The number of rotatable bonds is 7. The van der Waals surface area contributed by atoms with E-state index in [2.05, 4.69) is 6.92 Å². The van der Waals surface area contributed by atoms with Crippen LogP contribution in [0.15, 0.2) is 29.2 Å². The molecule has 1 aliphatic rings. The average molecular weight is 328 g/mol. The molecule has 21 heavy (non-hydrogen) atoms. The summed E-state index contributed by atoms with van der Waals surface area (Å²) in [6, 6.07) is 7.33. The van der Waals surface area contributed by atoms with Crippen LogP contribution in [0.5, 0.6) is 0 Å². The van der Waals surface area contributed by atoms with Crippen molar-refractivity contribution >= 4 is 22.0 Å². The summed E-state index contributed by atoms with van der Waals surface area (Å²) in [4.78, 5) is 0.418. The normalized spacial score (nSPS) is 20.0. The highest BCUT2D eigenvalue weighted by Gasteiger charge is 2.35. The molecule has 0 aromatic heterocycles. The Balaban J connectivity index is 2.05. The van der Waals surface area contributed by atoms with Crippen molar-refractivity contribution in [3.8, 4) is 0 Å². The zero-order chi connectivity index (χ0) is 15.3. The maximum Gasteiger partial charge on any atom is 0.252 e. The molecule has 3 nitrogen and oxygen atoms in total. The number of aryl methyl sites for hydroxylation is 1. The van der Waals surface area contributed by atoms with Gasteiger partial charge in [-0.1, -0.05) is 62.3 Å². The maximum atomic E-state index is 12.8. The third-order valence-corrected chi connectivity index (χ3v) is 7.43. The van der Waals surface area contributed by atoms with E-state index in [1.165, 1.54) is 31.2 Å². The van der Waals surface area contributed by atoms with Crippen LogP contribution in [-0.4, -0.2) is 23.9 Å². The van der Waals surface area contributed by atoms with Crippen molar-refractivity contribution in [3.05, 3.63) is 29.8 Å². The number of hydrogen-bond donors (Lipinski definition) is 0. The minimum Gasteiger partial charge on any atom is -0.206 e. The number of hydrogen-bond acceptors (Lipinski definition) is 3. The third-order valence-electron chi connectivity index (χ3n) is 3.91. The van der Waals surface area contributed by atoms with Crippen LogP contribution in [0.2, 0.25) is 0 Å². The van der Waals surface area contributed by atoms with Crippen LogP contribution >= 0.6 is 11.9 Å². The first-order valence-corrected chi connectivity index (χ1v) is 10.2. The van der Waals surface area contributed by atoms with Gasteiger partial charge in [0.25, 0.3) is 10.0 Å². The zero-order valence-corrected chi connectivity index (χ0v) is 14.5. The van der Waals surface area contributed by atoms with E-state index in [0.29, 0.717) is 4.90 Å². The lowest BCUT2D eigenvalue weighted by Gasteiger charge is -2.22. The largest absolute Gasteiger partial charge is 0.252 e. The van der Waals surface area contributed by atoms with E-state index in [4.69, 9.17) is 0 Å². The zero-order valence-electron chi connectivity index (χ0n) is 12.9. The number of nitrogens with zero attached hydrogens (tertiary/aromatic N) is 1. The predicted octanol–water partition coefficient (Wildman–Crippen LogP) is 4.38. The van der Waals surface area contributed by atoms with Crippen LogP contribution in [0.1, 0.15) is 51.0 Å². The lowest BCUT2D eigenvalue weighted by Crippen LogP contribution is -2.30. The minimum absolute atomic E-state index is 0.165. The fourth-order valence-corrected chi connectivity index (χ4v) is 5.93. The summed E-state index contributed by atoms with van der Waals surface area (Å²) < 4.78 is 27.2. The van der Waals surface area contributed by atoms with Crippen molar-refractivity contribution in [3.63, 3.8) is 0 Å². The maximum absolute atomic E-state index is 12.8. The molecule has 0 radical (unpaired) electrons. The van der Waals surface area contributed by atoms with Crippen LogP contribution in [0.4, 0.5) is 0 Å². The SMILES string of the molecule is CCCCCCC1CCSN1S(=O)(=O)c1ccc(C)cc1. The topological polar surface area (TPSA) is 37.4 Å². The van der Waals surface area contributed by atoms with Crippen molar-refractivity contribution in [1.29, 1.82) is 0 Å². The van der Waals surface area contributed by atoms with Gasteiger partial charge in [-0.2, -0.15) is 0 Å². The number of unbranched alkanes of at least 4 members (excludes halogenated alkanes) is 3. The summed E-state index contributed by atoms with van der Waals surface area (Å²) in [5.41, 5.74) is 1.08. The first-order chi connectivity index (χ1) is 10.1. The minimum atomic E-state index is -3.35. The molecule has 1 heterocycles. The van der Waals surface area contributed by atoms with Crippen LogP contribution in [0.3, 0.4) is 0 Å². The molecule has 0 N–H and O–H groups in total. The van der Waals surface area contributed by atoms with Crippen molar-refractivity contribution in [2.24, 2.45) is 0 Å². The highest BCUT2D eigenvalue weighted by molar-refractivity contribution is 8.08. The molecule has 0 bridgehead atoms. The molecule has 1 aromatic rings. The van der Waals surface area contributed by atoms with E-state index in [1.54, 1.807) is 15.8 Å². The Hall–Kier alpha value is -0.520. The average Bonchev–Trinajstić information content (AvgIpc) is 2.93. The Morgan fingerprint density at radius 3 is 2.57 bits per heavy atom. The lowest BCUT2D eigenvalue weighted by atomic mass is 10.1. The van der Waals surface area contributed by atoms with Crippen molar-refractivity contribution in [1.82, 2.24) is 3.71 Å². The van der Waals surface area contributed by atoms with E-state index in [-0.39, 0.29) is 6.04 Å². The predicted molar refractivity (Wildman–Crippen MR) is 89.8 cm³/mol. The van der Waals surface area contributed by atoms with Gasteiger partial charge in [0.1, 0.15) is 0 Å². The Morgan fingerprint density at radius 2 is 1.90 bits per heavy atom. The molecule has 1 fully saturated rings. The molecule has 5 heteroatoms. The molecule has 0 saturated carbocycles. The van der Waals surface area contributed by atoms with Gasteiger partial charge in [0.2, 0.25) is 0 Å². The second kappa shape index (κ2) is 7.65. The molecule has 118 valence electrons. The van der Waals surface area contributed by atoms with Crippen molar-refractivity contribution in [2.45, 2.75) is 63.3 Å². The molecular weight excluding hydrogens is 302 g/mol. The Bertz CT molecular complexity index is 540. The molecule has 0 aliphatic carbocycles. The van der Waals surface area contributed by atoms with E-state index in [9.17, 15) is 8.42 Å². The molecule has 1 atom stereocenters. The molecule has 1 aromatic carbocycles. The van der Waals surface area contributed by atoms with E-state index >= 15 is 0 Å². The van der Waals surface area contributed by atoms with Gasteiger partial charge < -0.3 is 0 Å². The molecule has 1 unspecified atom stereocenters. The quantitative estimate of drug-likeness (QED) is 0.551. The summed E-state index contributed by atoms with van der Waals surface area (Å²) >= 11 is 1.47. The van der Waals surface area contributed by atoms with E-state index < -0.39 is 10.0 Å². The van der Waals surface area contributed by atoms with Gasteiger partial charge in [-0.25, -0.2) is 8.42 Å². The van der Waals surface area contributed by atoms with Gasteiger partial charge in [-0.3, -0.25) is 0 Å². The smallest absolute Gasteiger partial charge is 0.206 e. The van der Waals surface area contributed by atoms with Gasteiger partial charge in [-0.15, -0.1) is 3.71 Å². The van der Waals surface area contributed by atoms with Gasteiger partial charge in [0.05, 0.1) is 4.90 Å². The van der Waals surface area contributed by atoms with Gasteiger partial charge in [0.15, 0.2) is 0 Å². The van der Waals surface area contributed by atoms with Crippen molar-refractivity contribution < 1.29 is 8.42 Å². The van der Waals surface area contributed by atoms with Crippen LogP contribution in [0.25, 0.3) is 0 Å². The summed E-state index contributed by atoms with van der Waals surface area (Å²) in [5, 5.41) is 0. The molecule has 0 spiro atoms. The first kappa shape index (κ1) is 16.8. The second-order valence-electron chi connectivity index (χ2n) is 5.70. The van der Waals surface area contributed by atoms with Gasteiger partial charge >= 0.3 is 0 Å². The molecule has 1 aliphatic heterocycles. The highest BCUT2D eigenvalue weighted by Crippen LogP contribution is 2.36. The Kier molecular flexibility index (Phi) is 6.14. The highest BCUT2D eigenvalue weighted by atomic mass is 32.3. The number of benzene rings is 1. The van der Waals surface area contributed by atoms with Crippen LogP contribution in [-0.2, 0) is 10.0 Å². The molecule has 0 amide bonds. The van der Waals surface area contributed by atoms with E-state index in [0.717, 1.165) is 30.6 Å². The van der Waals surface area contributed by atoms with Crippen LogP contribution in [0, 0.1) is 6.92 Å². The van der Waals surface area contributed by atoms with Crippen LogP contribution < -0.4 is 0 Å². The van der Waals surface area contributed by atoms with Crippen molar-refractivity contribution in [2.75, 3.05) is 5.75 Å². The summed E-state index contributed by atoms with van der Waals surface area (Å²) in [6.07, 6.45) is 6.74.